The van der Waals surface area contributed by atoms with E-state index in [0.717, 1.165) is 55.2 Å². The fourth-order valence-electron chi connectivity index (χ4n) is 2.90. The van der Waals surface area contributed by atoms with E-state index in [1.807, 2.05) is 32.0 Å². The normalized spacial score (nSPS) is 15.6. The van der Waals surface area contributed by atoms with Crippen molar-refractivity contribution in [3.05, 3.63) is 28.8 Å². The molecule has 6 heteroatoms. The third-order valence-corrected chi connectivity index (χ3v) is 4.46. The summed E-state index contributed by atoms with van der Waals surface area (Å²) in [6.45, 7) is 7.95. The number of rotatable bonds is 7. The van der Waals surface area contributed by atoms with E-state index in [1.165, 1.54) is 0 Å². The minimum absolute atomic E-state index is 0. The lowest BCUT2D eigenvalue weighted by molar-refractivity contribution is -0.149. The number of hydrogen-bond donors (Lipinski definition) is 0. The Morgan fingerprint density at radius 2 is 2.04 bits per heavy atom. The number of hydrogen-bond acceptors (Lipinski definition) is 4. The van der Waals surface area contributed by atoms with Gasteiger partial charge in [0.05, 0.1) is 19.1 Å². The highest BCUT2D eigenvalue weighted by Crippen LogP contribution is 2.22. The molecule has 0 radical (unpaired) electrons. The molecule has 1 heterocycles. The number of piperidine rings is 1. The van der Waals surface area contributed by atoms with Crippen LogP contribution in [0.1, 0.15) is 31.7 Å². The molecule has 0 aromatic heterocycles. The second kappa shape index (κ2) is 10.8. The van der Waals surface area contributed by atoms with Crippen molar-refractivity contribution in [2.75, 3.05) is 32.8 Å². The molecule has 1 fully saturated rings. The van der Waals surface area contributed by atoms with Crippen LogP contribution in [0.25, 0.3) is 0 Å². The molecule has 4 nitrogen and oxygen atoms in total. The van der Waals surface area contributed by atoms with Crippen LogP contribution < -0.4 is 4.74 Å². The molecule has 0 unspecified atom stereocenters. The highest BCUT2D eigenvalue weighted by Gasteiger charge is 2.25. The molecule has 1 aliphatic heterocycles. The van der Waals surface area contributed by atoms with Gasteiger partial charge in [-0.3, -0.25) is 4.79 Å². The number of halogens is 2. The largest absolute Gasteiger partial charge is 0.493 e. The molecule has 0 spiro atoms. The van der Waals surface area contributed by atoms with Crippen LogP contribution in [0.4, 0.5) is 0 Å². The first-order chi connectivity index (χ1) is 11.1. The highest BCUT2D eigenvalue weighted by atomic mass is 35.5. The van der Waals surface area contributed by atoms with Crippen molar-refractivity contribution in [3.63, 3.8) is 0 Å². The molecule has 1 aromatic carbocycles. The van der Waals surface area contributed by atoms with E-state index >= 15 is 0 Å². The van der Waals surface area contributed by atoms with E-state index in [0.29, 0.717) is 13.2 Å². The molecule has 136 valence electrons. The van der Waals surface area contributed by atoms with Crippen LogP contribution in [0.15, 0.2) is 18.2 Å². The third kappa shape index (κ3) is 6.50. The topological polar surface area (TPSA) is 38.8 Å². The zero-order chi connectivity index (χ0) is 16.7. The summed E-state index contributed by atoms with van der Waals surface area (Å²) in [5, 5.41) is 0.735. The lowest BCUT2D eigenvalue weighted by Gasteiger charge is -2.30. The highest BCUT2D eigenvalue weighted by molar-refractivity contribution is 6.30. The predicted molar refractivity (Wildman–Crippen MR) is 99.3 cm³/mol. The van der Waals surface area contributed by atoms with Gasteiger partial charge in [-0.1, -0.05) is 11.6 Å². The standard InChI is InChI=1S/C18H26ClNO3.ClH/c1-3-22-18(21)15-7-10-20(11-8-15)9-4-12-23-17-6-5-16(19)13-14(17)2;/h5-6,13,15H,3-4,7-12H2,1-2H3;1H. The molecule has 2 rings (SSSR count). The number of carbonyl (C=O) groups excluding carboxylic acids is 1. The van der Waals surface area contributed by atoms with Gasteiger partial charge in [0.2, 0.25) is 0 Å². The second-order valence-corrected chi connectivity index (χ2v) is 6.42. The summed E-state index contributed by atoms with van der Waals surface area (Å²) in [4.78, 5) is 14.1. The van der Waals surface area contributed by atoms with Crippen LogP contribution in [0.3, 0.4) is 0 Å². The van der Waals surface area contributed by atoms with Gasteiger partial charge in [0.25, 0.3) is 0 Å². The van der Waals surface area contributed by atoms with Crippen molar-refractivity contribution in [1.29, 1.82) is 0 Å². The van der Waals surface area contributed by atoms with E-state index in [-0.39, 0.29) is 24.3 Å². The molecular formula is C18H27Cl2NO3. The maximum Gasteiger partial charge on any atom is 0.309 e. The van der Waals surface area contributed by atoms with Crippen LogP contribution in [0.2, 0.25) is 5.02 Å². The summed E-state index contributed by atoms with van der Waals surface area (Å²) < 4.78 is 10.9. The maximum absolute atomic E-state index is 11.7. The first-order valence-corrected chi connectivity index (χ1v) is 8.76. The summed E-state index contributed by atoms with van der Waals surface area (Å²) in [6.07, 6.45) is 2.78. The number of benzene rings is 1. The van der Waals surface area contributed by atoms with E-state index in [4.69, 9.17) is 21.1 Å². The van der Waals surface area contributed by atoms with Gasteiger partial charge in [-0.25, -0.2) is 0 Å². The number of ether oxygens (including phenoxy) is 2. The van der Waals surface area contributed by atoms with Gasteiger partial charge >= 0.3 is 5.97 Å². The van der Waals surface area contributed by atoms with Crippen molar-refractivity contribution in [1.82, 2.24) is 4.90 Å². The van der Waals surface area contributed by atoms with Crippen LogP contribution in [-0.2, 0) is 9.53 Å². The van der Waals surface area contributed by atoms with Crippen LogP contribution >= 0.6 is 24.0 Å². The minimum Gasteiger partial charge on any atom is -0.493 e. The monoisotopic (exact) mass is 375 g/mol. The third-order valence-electron chi connectivity index (χ3n) is 4.22. The van der Waals surface area contributed by atoms with Crippen molar-refractivity contribution in [2.24, 2.45) is 5.92 Å². The van der Waals surface area contributed by atoms with Crippen LogP contribution in [0.5, 0.6) is 5.75 Å². The maximum atomic E-state index is 11.7. The van der Waals surface area contributed by atoms with Gasteiger partial charge in [0.15, 0.2) is 0 Å². The Morgan fingerprint density at radius 1 is 1.33 bits per heavy atom. The van der Waals surface area contributed by atoms with Crippen molar-refractivity contribution >= 4 is 30.0 Å². The number of carbonyl (C=O) groups is 1. The van der Waals surface area contributed by atoms with E-state index in [9.17, 15) is 4.79 Å². The molecule has 1 aromatic rings. The predicted octanol–water partition coefficient (Wildman–Crippen LogP) is 4.11. The molecule has 0 amide bonds. The van der Waals surface area contributed by atoms with E-state index in [2.05, 4.69) is 4.90 Å². The van der Waals surface area contributed by atoms with Gasteiger partial charge in [0.1, 0.15) is 5.75 Å². The summed E-state index contributed by atoms with van der Waals surface area (Å²) in [6, 6.07) is 5.68. The van der Waals surface area contributed by atoms with Gasteiger partial charge in [-0.2, -0.15) is 0 Å². The van der Waals surface area contributed by atoms with Gasteiger partial charge in [0, 0.05) is 11.6 Å². The average Bonchev–Trinajstić information content (AvgIpc) is 2.54. The Balaban J connectivity index is 0.00000288. The smallest absolute Gasteiger partial charge is 0.309 e. The first-order valence-electron chi connectivity index (χ1n) is 8.38. The molecule has 0 bridgehead atoms. The lowest BCUT2D eigenvalue weighted by atomic mass is 9.97. The van der Waals surface area contributed by atoms with Gasteiger partial charge in [-0.15, -0.1) is 12.4 Å². The molecule has 0 saturated carbocycles. The van der Waals surface area contributed by atoms with Crippen molar-refractivity contribution < 1.29 is 14.3 Å². The summed E-state index contributed by atoms with van der Waals surface area (Å²) in [5.74, 6) is 0.947. The summed E-state index contributed by atoms with van der Waals surface area (Å²) in [7, 11) is 0. The Kier molecular flexibility index (Phi) is 9.49. The Labute approximate surface area is 155 Å². The SMILES string of the molecule is CCOC(=O)C1CCN(CCCOc2ccc(Cl)cc2C)CC1.Cl. The van der Waals surface area contributed by atoms with Crippen molar-refractivity contribution in [3.8, 4) is 5.75 Å². The first kappa shape index (κ1) is 21.1. The zero-order valence-corrected chi connectivity index (χ0v) is 16.0. The van der Waals surface area contributed by atoms with Crippen LogP contribution in [0, 0.1) is 12.8 Å². The quantitative estimate of drug-likeness (QED) is 0.530. The molecular weight excluding hydrogens is 349 g/mol. The number of esters is 1. The van der Waals surface area contributed by atoms with E-state index in [1.54, 1.807) is 0 Å². The number of nitrogens with zero attached hydrogens (tertiary/aromatic N) is 1. The second-order valence-electron chi connectivity index (χ2n) is 5.98. The molecule has 24 heavy (non-hydrogen) atoms. The summed E-state index contributed by atoms with van der Waals surface area (Å²) in [5.41, 5.74) is 1.06. The van der Waals surface area contributed by atoms with Gasteiger partial charge < -0.3 is 14.4 Å². The molecule has 0 aliphatic carbocycles. The lowest BCUT2D eigenvalue weighted by Crippen LogP contribution is -2.37. The average molecular weight is 376 g/mol. The molecule has 1 saturated heterocycles. The number of aryl methyl sites for hydroxylation is 1. The van der Waals surface area contributed by atoms with Crippen molar-refractivity contribution in [2.45, 2.75) is 33.1 Å². The Bertz CT molecular complexity index is 517. The zero-order valence-electron chi connectivity index (χ0n) is 14.4. The Hall–Kier alpha value is -0.970. The fraction of sp³-hybridized carbons (Fsp3) is 0.611. The fourth-order valence-corrected chi connectivity index (χ4v) is 3.12. The van der Waals surface area contributed by atoms with Crippen LogP contribution in [-0.4, -0.2) is 43.7 Å². The molecule has 0 N–H and O–H groups in total. The Morgan fingerprint density at radius 3 is 2.67 bits per heavy atom. The number of likely N-dealkylation sites (tertiary alicyclic amines) is 1. The molecule has 1 aliphatic rings. The van der Waals surface area contributed by atoms with E-state index < -0.39 is 0 Å². The van der Waals surface area contributed by atoms with Gasteiger partial charge in [-0.05, 0) is 70.0 Å². The minimum atomic E-state index is -0.0336. The summed E-state index contributed by atoms with van der Waals surface area (Å²) >= 11 is 5.94. The molecule has 0 atom stereocenters.